The molecule has 33 heavy (non-hydrogen) atoms. The number of halogens is 1. The van der Waals surface area contributed by atoms with Crippen LogP contribution in [0, 0.1) is 0 Å². The molecule has 3 aromatic rings. The second kappa shape index (κ2) is 9.72. The standard InChI is InChI=1S/C24H26ClN3O5/c1-31-18-6-4-14(10-20(18)33-3)11-26-21(29)13-28-9-8-17-15(12-28)24(30)22-16(25)5-7-19(32-2)23(22)27-17/h4-7,10H,8-9,11-13H2,1-3H3,(H,26,29)(H,27,30). The highest BCUT2D eigenvalue weighted by atomic mass is 35.5. The maximum atomic E-state index is 13.2. The number of methoxy groups -OCH3 is 3. The second-order valence-electron chi connectivity index (χ2n) is 7.84. The number of rotatable bonds is 7. The highest BCUT2D eigenvalue weighted by Crippen LogP contribution is 2.30. The van der Waals surface area contributed by atoms with Crippen LogP contribution in [-0.2, 0) is 24.3 Å². The van der Waals surface area contributed by atoms with Crippen LogP contribution in [0.5, 0.6) is 17.2 Å². The summed E-state index contributed by atoms with van der Waals surface area (Å²) in [5, 5.41) is 3.71. The van der Waals surface area contributed by atoms with E-state index in [2.05, 4.69) is 10.3 Å². The Bertz CT molecular complexity index is 1260. The average molecular weight is 472 g/mol. The van der Waals surface area contributed by atoms with Gasteiger partial charge in [0, 0.05) is 37.3 Å². The topological polar surface area (TPSA) is 92.9 Å². The third-order valence-electron chi connectivity index (χ3n) is 5.84. The van der Waals surface area contributed by atoms with Gasteiger partial charge in [0.25, 0.3) is 0 Å². The van der Waals surface area contributed by atoms with Crippen LogP contribution in [0.2, 0.25) is 5.02 Å². The second-order valence-corrected chi connectivity index (χ2v) is 8.24. The highest BCUT2D eigenvalue weighted by molar-refractivity contribution is 6.35. The van der Waals surface area contributed by atoms with Gasteiger partial charge in [0.15, 0.2) is 16.9 Å². The molecule has 9 heteroatoms. The Labute approximate surface area is 196 Å². The Morgan fingerprint density at radius 2 is 1.82 bits per heavy atom. The van der Waals surface area contributed by atoms with Crippen LogP contribution in [0.25, 0.3) is 10.9 Å². The fourth-order valence-corrected chi connectivity index (χ4v) is 4.37. The van der Waals surface area contributed by atoms with Crippen LogP contribution in [-0.4, -0.2) is 50.2 Å². The normalized spacial score (nSPS) is 13.5. The third-order valence-corrected chi connectivity index (χ3v) is 6.16. The summed E-state index contributed by atoms with van der Waals surface area (Å²) in [6, 6.07) is 8.91. The van der Waals surface area contributed by atoms with E-state index in [1.54, 1.807) is 39.5 Å². The van der Waals surface area contributed by atoms with Gasteiger partial charge in [-0.2, -0.15) is 0 Å². The molecule has 174 valence electrons. The number of nitrogens with zero attached hydrogens (tertiary/aromatic N) is 1. The van der Waals surface area contributed by atoms with Crippen molar-refractivity contribution < 1.29 is 19.0 Å². The molecule has 0 unspecified atom stereocenters. The average Bonchev–Trinajstić information content (AvgIpc) is 2.83. The molecule has 0 aliphatic carbocycles. The van der Waals surface area contributed by atoms with Crippen LogP contribution < -0.4 is 25.0 Å². The van der Waals surface area contributed by atoms with E-state index in [-0.39, 0.29) is 17.9 Å². The Hall–Kier alpha value is -3.23. The number of nitrogens with one attached hydrogen (secondary N) is 2. The zero-order valence-corrected chi connectivity index (χ0v) is 19.5. The van der Waals surface area contributed by atoms with E-state index in [1.165, 1.54) is 0 Å². The first kappa shape index (κ1) is 22.9. The van der Waals surface area contributed by atoms with Gasteiger partial charge in [-0.05, 0) is 29.8 Å². The molecule has 2 aromatic carbocycles. The molecule has 0 bridgehead atoms. The summed E-state index contributed by atoms with van der Waals surface area (Å²) in [5.74, 6) is 1.70. The summed E-state index contributed by atoms with van der Waals surface area (Å²) in [6.45, 7) is 1.58. The van der Waals surface area contributed by atoms with Crippen molar-refractivity contribution >= 4 is 28.4 Å². The van der Waals surface area contributed by atoms with Gasteiger partial charge in [0.05, 0.1) is 43.8 Å². The smallest absolute Gasteiger partial charge is 0.234 e. The Morgan fingerprint density at radius 3 is 2.55 bits per heavy atom. The lowest BCUT2D eigenvalue weighted by Crippen LogP contribution is -2.41. The lowest BCUT2D eigenvalue weighted by atomic mass is 10.0. The Balaban J connectivity index is 1.45. The van der Waals surface area contributed by atoms with Crippen molar-refractivity contribution in [2.75, 3.05) is 34.4 Å². The fraction of sp³-hybridized carbons (Fsp3) is 0.333. The van der Waals surface area contributed by atoms with E-state index in [4.69, 9.17) is 25.8 Å². The summed E-state index contributed by atoms with van der Waals surface area (Å²) in [5.41, 5.74) is 2.87. The SMILES string of the molecule is COc1ccc(CNC(=O)CN2CCc3[nH]c4c(OC)ccc(Cl)c4c(=O)c3C2)cc1OC. The number of amides is 1. The summed E-state index contributed by atoms with van der Waals surface area (Å²) < 4.78 is 15.9. The van der Waals surface area contributed by atoms with E-state index < -0.39 is 0 Å². The lowest BCUT2D eigenvalue weighted by molar-refractivity contribution is -0.122. The van der Waals surface area contributed by atoms with Crippen LogP contribution in [0.1, 0.15) is 16.8 Å². The molecule has 1 aromatic heterocycles. The van der Waals surface area contributed by atoms with Gasteiger partial charge in [0.1, 0.15) is 5.75 Å². The number of aromatic amines is 1. The van der Waals surface area contributed by atoms with Gasteiger partial charge in [0.2, 0.25) is 5.91 Å². The molecule has 1 aliphatic rings. The number of carbonyl (C=O) groups excluding carboxylic acids is 1. The fourth-order valence-electron chi connectivity index (χ4n) is 4.13. The van der Waals surface area contributed by atoms with Gasteiger partial charge in [-0.25, -0.2) is 0 Å². The lowest BCUT2D eigenvalue weighted by Gasteiger charge is -2.28. The molecule has 4 rings (SSSR count). The number of H-pyrrole nitrogens is 1. The Kier molecular flexibility index (Phi) is 6.76. The number of ether oxygens (including phenoxy) is 3. The monoisotopic (exact) mass is 471 g/mol. The number of fused-ring (bicyclic) bond motifs is 2. The number of hydrogen-bond acceptors (Lipinski definition) is 6. The maximum absolute atomic E-state index is 13.2. The van der Waals surface area contributed by atoms with Crippen molar-refractivity contribution in [1.82, 2.24) is 15.2 Å². The first-order valence-corrected chi connectivity index (χ1v) is 10.9. The van der Waals surface area contributed by atoms with E-state index in [0.717, 1.165) is 11.3 Å². The molecular weight excluding hydrogens is 446 g/mol. The molecule has 0 radical (unpaired) electrons. The van der Waals surface area contributed by atoms with E-state index in [9.17, 15) is 9.59 Å². The zero-order chi connectivity index (χ0) is 23.5. The van der Waals surface area contributed by atoms with Gasteiger partial charge in [-0.1, -0.05) is 17.7 Å². The number of aromatic nitrogens is 1. The van der Waals surface area contributed by atoms with Crippen molar-refractivity contribution in [2.24, 2.45) is 0 Å². The minimum absolute atomic E-state index is 0.120. The van der Waals surface area contributed by atoms with Crippen LogP contribution in [0.15, 0.2) is 35.1 Å². The van der Waals surface area contributed by atoms with Gasteiger partial charge in [-0.3, -0.25) is 14.5 Å². The van der Waals surface area contributed by atoms with Crippen molar-refractivity contribution in [3.8, 4) is 17.2 Å². The first-order chi connectivity index (χ1) is 15.9. The molecule has 0 saturated heterocycles. The van der Waals surface area contributed by atoms with Crippen molar-refractivity contribution in [1.29, 1.82) is 0 Å². The molecule has 0 atom stereocenters. The predicted octanol–water partition coefficient (Wildman–Crippen LogP) is 2.88. The molecule has 8 nitrogen and oxygen atoms in total. The number of pyridine rings is 1. The zero-order valence-electron chi connectivity index (χ0n) is 18.8. The van der Waals surface area contributed by atoms with Crippen molar-refractivity contribution in [3.63, 3.8) is 0 Å². The summed E-state index contributed by atoms with van der Waals surface area (Å²) in [4.78, 5) is 31.1. The molecule has 1 amide bonds. The van der Waals surface area contributed by atoms with Crippen LogP contribution >= 0.6 is 11.6 Å². The van der Waals surface area contributed by atoms with Gasteiger partial charge < -0.3 is 24.5 Å². The largest absolute Gasteiger partial charge is 0.495 e. The van der Waals surface area contributed by atoms with Crippen molar-refractivity contribution in [3.05, 3.63) is 62.4 Å². The third kappa shape index (κ3) is 4.62. The summed E-state index contributed by atoms with van der Waals surface area (Å²) >= 11 is 6.32. The Morgan fingerprint density at radius 1 is 1.09 bits per heavy atom. The molecule has 0 spiro atoms. The van der Waals surface area contributed by atoms with E-state index >= 15 is 0 Å². The first-order valence-electron chi connectivity index (χ1n) is 10.5. The van der Waals surface area contributed by atoms with Crippen LogP contribution in [0.3, 0.4) is 0 Å². The molecule has 2 N–H and O–H groups in total. The summed E-state index contributed by atoms with van der Waals surface area (Å²) in [6.07, 6.45) is 0.624. The molecule has 2 heterocycles. The summed E-state index contributed by atoms with van der Waals surface area (Å²) in [7, 11) is 4.71. The molecule has 0 saturated carbocycles. The minimum Gasteiger partial charge on any atom is -0.495 e. The van der Waals surface area contributed by atoms with Crippen molar-refractivity contribution in [2.45, 2.75) is 19.5 Å². The maximum Gasteiger partial charge on any atom is 0.234 e. The highest BCUT2D eigenvalue weighted by Gasteiger charge is 2.24. The van der Waals surface area contributed by atoms with Gasteiger partial charge >= 0.3 is 0 Å². The van der Waals surface area contributed by atoms with Gasteiger partial charge in [-0.15, -0.1) is 0 Å². The number of benzene rings is 2. The molecule has 1 aliphatic heterocycles. The molecule has 0 fully saturated rings. The predicted molar refractivity (Wildman–Crippen MR) is 127 cm³/mol. The number of carbonyl (C=O) groups is 1. The number of hydrogen-bond donors (Lipinski definition) is 2. The quantitative estimate of drug-likeness (QED) is 0.550. The van der Waals surface area contributed by atoms with Crippen LogP contribution in [0.4, 0.5) is 0 Å². The molecular formula is C24H26ClN3O5. The van der Waals surface area contributed by atoms with E-state index in [0.29, 0.717) is 64.8 Å². The van der Waals surface area contributed by atoms with E-state index in [1.807, 2.05) is 17.0 Å². The minimum atomic E-state index is -0.127.